The molecule has 0 aliphatic carbocycles. The number of imide groups is 1. The first kappa shape index (κ1) is 28.2. The number of nitrogens with one attached hydrogen (secondary N) is 1. The molecule has 1 N–H and O–H groups in total. The molecular weight excluding hydrogens is 565 g/mol. The fourth-order valence-corrected chi connectivity index (χ4v) is 5.12. The van der Waals surface area contributed by atoms with Gasteiger partial charge in [0.25, 0.3) is 16.8 Å². The Balaban J connectivity index is 1.43. The number of thioether (sulfide) groups is 1. The van der Waals surface area contributed by atoms with Gasteiger partial charge in [0.05, 0.1) is 19.9 Å². The number of amides is 3. The number of non-ortho nitro benzene ring substituents is 1. The number of hydrogen-bond donors (Lipinski definition) is 1. The summed E-state index contributed by atoms with van der Waals surface area (Å²) < 4.78 is 5.69. The second-order valence-corrected chi connectivity index (χ2v) is 10.5. The molecular formula is C27H21Cl2N3O6S. The lowest BCUT2D eigenvalue weighted by atomic mass is 10.1. The molecule has 39 heavy (non-hydrogen) atoms. The third-order valence-electron chi connectivity index (χ3n) is 5.79. The Morgan fingerprint density at radius 1 is 1.08 bits per heavy atom. The van der Waals surface area contributed by atoms with Gasteiger partial charge >= 0.3 is 0 Å². The number of anilines is 1. The van der Waals surface area contributed by atoms with Crippen molar-refractivity contribution in [3.63, 3.8) is 0 Å². The smallest absolute Gasteiger partial charge is 0.294 e. The first-order valence-electron chi connectivity index (χ1n) is 11.5. The van der Waals surface area contributed by atoms with Crippen molar-refractivity contribution in [1.29, 1.82) is 0 Å². The Hall–Kier alpha value is -3.86. The number of ether oxygens (including phenoxy) is 1. The number of rotatable bonds is 8. The maximum atomic E-state index is 12.9. The lowest BCUT2D eigenvalue weighted by Crippen LogP contribution is -2.36. The molecule has 0 bridgehead atoms. The lowest BCUT2D eigenvalue weighted by molar-refractivity contribution is -0.384. The Bertz CT molecular complexity index is 1520. The second-order valence-electron chi connectivity index (χ2n) is 8.64. The molecule has 1 saturated heterocycles. The average molecular weight is 586 g/mol. The molecule has 12 heteroatoms. The van der Waals surface area contributed by atoms with Gasteiger partial charge in [-0.1, -0.05) is 41.4 Å². The molecule has 3 aromatic carbocycles. The van der Waals surface area contributed by atoms with E-state index < -0.39 is 28.5 Å². The van der Waals surface area contributed by atoms with Crippen LogP contribution in [0.15, 0.2) is 59.5 Å². The number of nitrogens with zero attached hydrogens (tertiary/aromatic N) is 2. The number of aryl methyl sites for hydroxylation is 2. The SMILES string of the molecule is Cc1ccc(NC(=O)CN2C(=O)S/C(=C/c3cc(Cl)c(OCc4cccc([N+](=O)[O-])c4)c(Cl)c3)C2=O)cc1C. The predicted molar refractivity (Wildman–Crippen MR) is 151 cm³/mol. The molecule has 0 saturated carbocycles. The highest BCUT2D eigenvalue weighted by Crippen LogP contribution is 2.38. The molecule has 3 amide bonds. The fourth-order valence-electron chi connectivity index (χ4n) is 3.67. The van der Waals surface area contributed by atoms with Crippen LogP contribution in [0.25, 0.3) is 6.08 Å². The number of benzene rings is 3. The molecule has 0 unspecified atom stereocenters. The maximum Gasteiger partial charge on any atom is 0.294 e. The van der Waals surface area contributed by atoms with E-state index >= 15 is 0 Å². The zero-order valence-electron chi connectivity index (χ0n) is 20.7. The van der Waals surface area contributed by atoms with Crippen LogP contribution < -0.4 is 10.1 Å². The zero-order valence-corrected chi connectivity index (χ0v) is 23.0. The molecule has 0 radical (unpaired) electrons. The van der Waals surface area contributed by atoms with Gasteiger partial charge in [-0.2, -0.15) is 0 Å². The molecule has 0 atom stereocenters. The topological polar surface area (TPSA) is 119 Å². The normalized spacial score (nSPS) is 14.2. The van der Waals surface area contributed by atoms with E-state index in [4.69, 9.17) is 27.9 Å². The summed E-state index contributed by atoms with van der Waals surface area (Å²) in [7, 11) is 0. The molecule has 0 spiro atoms. The van der Waals surface area contributed by atoms with Gasteiger partial charge in [-0.05, 0) is 78.2 Å². The van der Waals surface area contributed by atoms with Crippen LogP contribution in [0.3, 0.4) is 0 Å². The van der Waals surface area contributed by atoms with Crippen molar-refractivity contribution in [2.24, 2.45) is 0 Å². The van der Waals surface area contributed by atoms with Gasteiger partial charge in [0.15, 0.2) is 5.75 Å². The predicted octanol–water partition coefficient (Wildman–Crippen LogP) is 6.77. The van der Waals surface area contributed by atoms with Crippen molar-refractivity contribution >= 4 is 69.5 Å². The summed E-state index contributed by atoms with van der Waals surface area (Å²) in [5, 5.41) is 13.4. The number of hydrogen-bond acceptors (Lipinski definition) is 7. The maximum absolute atomic E-state index is 12.9. The Morgan fingerprint density at radius 3 is 2.46 bits per heavy atom. The van der Waals surface area contributed by atoms with Crippen molar-refractivity contribution in [3.8, 4) is 5.75 Å². The number of halogens is 2. The third kappa shape index (κ3) is 6.78. The third-order valence-corrected chi connectivity index (χ3v) is 7.26. The summed E-state index contributed by atoms with van der Waals surface area (Å²) in [5.74, 6) is -0.949. The van der Waals surface area contributed by atoms with Gasteiger partial charge in [0.1, 0.15) is 13.2 Å². The summed E-state index contributed by atoms with van der Waals surface area (Å²) in [6.07, 6.45) is 1.45. The minimum Gasteiger partial charge on any atom is -0.486 e. The van der Waals surface area contributed by atoms with Crippen molar-refractivity contribution in [2.45, 2.75) is 20.5 Å². The van der Waals surface area contributed by atoms with Crippen LogP contribution in [0.2, 0.25) is 10.0 Å². The van der Waals surface area contributed by atoms with Gasteiger partial charge < -0.3 is 10.1 Å². The van der Waals surface area contributed by atoms with E-state index in [0.29, 0.717) is 28.6 Å². The second kappa shape index (κ2) is 11.9. The van der Waals surface area contributed by atoms with Crippen molar-refractivity contribution < 1.29 is 24.0 Å². The highest BCUT2D eigenvalue weighted by Gasteiger charge is 2.36. The molecule has 9 nitrogen and oxygen atoms in total. The molecule has 1 heterocycles. The Morgan fingerprint density at radius 2 is 1.79 bits per heavy atom. The largest absolute Gasteiger partial charge is 0.486 e. The van der Waals surface area contributed by atoms with E-state index in [0.717, 1.165) is 16.0 Å². The number of carbonyl (C=O) groups is 3. The van der Waals surface area contributed by atoms with Crippen LogP contribution in [-0.2, 0) is 16.2 Å². The number of nitro benzene ring substituents is 1. The molecule has 1 fully saturated rings. The van der Waals surface area contributed by atoms with Crippen LogP contribution in [0.1, 0.15) is 22.3 Å². The summed E-state index contributed by atoms with van der Waals surface area (Å²) in [4.78, 5) is 49.3. The van der Waals surface area contributed by atoms with E-state index in [-0.39, 0.29) is 33.0 Å². The van der Waals surface area contributed by atoms with E-state index in [1.165, 1.54) is 30.3 Å². The number of carbonyl (C=O) groups excluding carboxylic acids is 3. The van der Waals surface area contributed by atoms with Gasteiger partial charge in [-0.3, -0.25) is 29.4 Å². The quantitative estimate of drug-likeness (QED) is 0.176. The molecule has 4 rings (SSSR count). The molecule has 3 aromatic rings. The standard InChI is InChI=1S/C27H21Cl2N3O6S/c1-15-6-7-19(8-16(15)2)30-24(33)13-31-26(34)23(39-27(31)35)12-18-10-21(28)25(22(29)11-18)38-14-17-4-3-5-20(9-17)32(36)37/h3-12H,13-14H2,1-2H3,(H,30,33)/b23-12+. The van der Waals surface area contributed by atoms with Crippen LogP contribution in [-0.4, -0.2) is 33.4 Å². The summed E-state index contributed by atoms with van der Waals surface area (Å²) in [5.41, 5.74) is 3.57. The van der Waals surface area contributed by atoms with Crippen LogP contribution in [0.4, 0.5) is 16.2 Å². The Kier molecular flexibility index (Phi) is 8.59. The Labute approximate surface area is 237 Å². The van der Waals surface area contributed by atoms with Crippen LogP contribution in [0, 0.1) is 24.0 Å². The van der Waals surface area contributed by atoms with Crippen molar-refractivity contribution in [1.82, 2.24) is 4.90 Å². The van der Waals surface area contributed by atoms with E-state index in [2.05, 4.69) is 5.32 Å². The zero-order chi connectivity index (χ0) is 28.3. The first-order chi connectivity index (χ1) is 18.5. The van der Waals surface area contributed by atoms with E-state index in [1.54, 1.807) is 18.2 Å². The van der Waals surface area contributed by atoms with Crippen LogP contribution >= 0.6 is 35.0 Å². The molecule has 0 aromatic heterocycles. The minimum atomic E-state index is -0.613. The molecule has 1 aliphatic heterocycles. The minimum absolute atomic E-state index is 0.0103. The lowest BCUT2D eigenvalue weighted by Gasteiger charge is -2.13. The monoisotopic (exact) mass is 585 g/mol. The highest BCUT2D eigenvalue weighted by molar-refractivity contribution is 8.18. The first-order valence-corrected chi connectivity index (χ1v) is 13.1. The van der Waals surface area contributed by atoms with Gasteiger partial charge in [-0.25, -0.2) is 0 Å². The summed E-state index contributed by atoms with van der Waals surface area (Å²) in [6, 6.07) is 14.4. The van der Waals surface area contributed by atoms with Gasteiger partial charge in [-0.15, -0.1) is 0 Å². The van der Waals surface area contributed by atoms with Crippen molar-refractivity contribution in [3.05, 3.63) is 102 Å². The highest BCUT2D eigenvalue weighted by atomic mass is 35.5. The van der Waals surface area contributed by atoms with E-state index in [1.807, 2.05) is 26.0 Å². The average Bonchev–Trinajstić information content (AvgIpc) is 3.13. The van der Waals surface area contributed by atoms with Gasteiger partial charge in [0, 0.05) is 17.8 Å². The van der Waals surface area contributed by atoms with Gasteiger partial charge in [0.2, 0.25) is 5.91 Å². The van der Waals surface area contributed by atoms with Crippen molar-refractivity contribution in [2.75, 3.05) is 11.9 Å². The summed E-state index contributed by atoms with van der Waals surface area (Å²) in [6.45, 7) is 3.43. The molecule has 200 valence electrons. The summed E-state index contributed by atoms with van der Waals surface area (Å²) >= 11 is 13.4. The van der Waals surface area contributed by atoms with E-state index in [9.17, 15) is 24.5 Å². The number of nitro groups is 1. The van der Waals surface area contributed by atoms with Crippen LogP contribution in [0.5, 0.6) is 5.75 Å². The molecule has 1 aliphatic rings. The fraction of sp³-hybridized carbons (Fsp3) is 0.148.